The Bertz CT molecular complexity index is 2070. The van der Waals surface area contributed by atoms with E-state index in [-0.39, 0.29) is 22.7 Å². The number of hydrogen-bond donors (Lipinski definition) is 2. The minimum atomic E-state index is -0.290. The molecule has 0 bridgehead atoms. The fraction of sp³-hybridized carbons (Fsp3) is 0.455. The first-order valence-corrected chi connectivity index (χ1v) is 20.3. The number of nitrogens with zero attached hydrogens (tertiary/aromatic N) is 2. The van der Waals surface area contributed by atoms with E-state index in [1.807, 2.05) is 50.2 Å². The second-order valence-electron chi connectivity index (χ2n) is 14.2. The van der Waals surface area contributed by atoms with E-state index in [0.717, 1.165) is 147 Å². The number of hydrogen-bond acceptors (Lipinski definition) is 4. The SMILES string of the molecule is CCc1cccc(CC)c1NC(=O)c1c2n(c(C)c(Br)c1=O)CCCCC2.CCc1cccc(CC)c1NC(=O)c1c2n(c(C)cc1=O)CCCCC2. The molecule has 9 heteroatoms. The molecule has 0 fully saturated rings. The van der Waals surface area contributed by atoms with Gasteiger partial charge in [0.2, 0.25) is 5.43 Å². The summed E-state index contributed by atoms with van der Waals surface area (Å²) >= 11 is 3.43. The Kier molecular flexibility index (Phi) is 13.7. The van der Waals surface area contributed by atoms with Crippen molar-refractivity contribution >= 4 is 39.1 Å². The number of fused-ring (bicyclic) bond motifs is 2. The summed E-state index contributed by atoms with van der Waals surface area (Å²) in [7, 11) is 0. The van der Waals surface area contributed by atoms with Crippen LogP contribution in [0.2, 0.25) is 0 Å². The minimum absolute atomic E-state index is 0.167. The van der Waals surface area contributed by atoms with Crippen molar-refractivity contribution in [2.45, 2.75) is 132 Å². The molecule has 8 nitrogen and oxygen atoms in total. The van der Waals surface area contributed by atoms with Crippen LogP contribution in [0.5, 0.6) is 0 Å². The van der Waals surface area contributed by atoms with E-state index in [1.165, 1.54) is 0 Å². The zero-order valence-electron chi connectivity index (χ0n) is 32.3. The molecular weight excluding hydrogens is 728 g/mol. The van der Waals surface area contributed by atoms with Crippen LogP contribution in [-0.2, 0) is 51.6 Å². The fourth-order valence-corrected chi connectivity index (χ4v) is 8.35. The van der Waals surface area contributed by atoms with Crippen LogP contribution in [0.4, 0.5) is 11.4 Å². The first-order chi connectivity index (χ1) is 25.6. The Morgan fingerprint density at radius 2 is 1.08 bits per heavy atom. The molecule has 0 aliphatic carbocycles. The first kappa shape index (κ1) is 40.0. The van der Waals surface area contributed by atoms with Crippen molar-refractivity contribution in [2.75, 3.05) is 10.6 Å². The quantitative estimate of drug-likeness (QED) is 0.186. The Morgan fingerprint density at radius 3 is 1.55 bits per heavy atom. The van der Waals surface area contributed by atoms with Crippen molar-refractivity contribution in [1.29, 1.82) is 0 Å². The van der Waals surface area contributed by atoms with Gasteiger partial charge in [0.15, 0.2) is 5.43 Å². The number of para-hydroxylation sites is 2. The lowest BCUT2D eigenvalue weighted by molar-refractivity contribution is 0.101. The summed E-state index contributed by atoms with van der Waals surface area (Å²) in [6.07, 6.45) is 11.3. The normalized spacial score (nSPS) is 13.8. The van der Waals surface area contributed by atoms with E-state index >= 15 is 0 Å². The molecule has 0 saturated heterocycles. The van der Waals surface area contributed by atoms with E-state index < -0.39 is 0 Å². The number of aromatic nitrogens is 2. The third-order valence-corrected chi connectivity index (χ3v) is 11.8. The highest BCUT2D eigenvalue weighted by Gasteiger charge is 2.26. The van der Waals surface area contributed by atoms with E-state index in [0.29, 0.717) is 15.6 Å². The van der Waals surface area contributed by atoms with Crippen molar-refractivity contribution in [3.63, 3.8) is 0 Å². The minimum Gasteiger partial charge on any atom is -0.348 e. The number of nitrogens with one attached hydrogen (secondary N) is 2. The molecule has 2 aliphatic rings. The predicted octanol–water partition coefficient (Wildman–Crippen LogP) is 9.28. The van der Waals surface area contributed by atoms with Crippen molar-refractivity contribution in [1.82, 2.24) is 9.13 Å². The van der Waals surface area contributed by atoms with Crippen LogP contribution in [0, 0.1) is 13.8 Å². The molecule has 0 atom stereocenters. The molecule has 2 amide bonds. The second kappa shape index (κ2) is 18.2. The van der Waals surface area contributed by atoms with Crippen LogP contribution in [0.15, 0.2) is 56.5 Å². The molecule has 0 saturated carbocycles. The maximum atomic E-state index is 13.3. The van der Waals surface area contributed by atoms with Gasteiger partial charge in [-0.05, 0) is 116 Å². The Balaban J connectivity index is 0.000000204. The zero-order chi connectivity index (χ0) is 38.2. The van der Waals surface area contributed by atoms with Gasteiger partial charge in [-0.3, -0.25) is 19.2 Å². The average Bonchev–Trinajstić information content (AvgIpc) is 3.56. The van der Waals surface area contributed by atoms with Crippen molar-refractivity contribution in [3.8, 4) is 0 Å². The van der Waals surface area contributed by atoms with Crippen LogP contribution in [0.3, 0.4) is 0 Å². The zero-order valence-corrected chi connectivity index (χ0v) is 33.9. The van der Waals surface area contributed by atoms with Gasteiger partial charge in [-0.1, -0.05) is 76.9 Å². The molecular formula is C44H55BrN4O4. The van der Waals surface area contributed by atoms with Gasteiger partial charge >= 0.3 is 0 Å². The standard InChI is InChI=1S/C22H27BrN2O2.C22H28N2O2/c1-4-15-10-9-11-16(5-2)20(15)24-22(27)18-17-12-7-6-8-13-25(17)14(3)19(23)21(18)26;1-4-16-10-9-11-17(5-2)21(16)23-22(26)20-18-12-7-6-8-13-24(18)15(3)14-19(20)25/h9-11H,4-8,12-13H2,1-3H3,(H,24,27);9-11,14H,4-8,12-13H2,1-3H3,(H,23,26). The van der Waals surface area contributed by atoms with Crippen LogP contribution < -0.4 is 21.5 Å². The lowest BCUT2D eigenvalue weighted by Crippen LogP contribution is -2.29. The maximum Gasteiger partial charge on any atom is 0.261 e. The number of aryl methyl sites for hydroxylation is 5. The van der Waals surface area contributed by atoms with Crippen molar-refractivity contribution in [3.05, 3.63) is 124 Å². The van der Waals surface area contributed by atoms with E-state index in [9.17, 15) is 19.2 Å². The van der Waals surface area contributed by atoms with Crippen molar-refractivity contribution < 1.29 is 9.59 Å². The summed E-state index contributed by atoms with van der Waals surface area (Å²) in [6.45, 7) is 14.0. The first-order valence-electron chi connectivity index (χ1n) is 19.5. The highest BCUT2D eigenvalue weighted by molar-refractivity contribution is 9.10. The van der Waals surface area contributed by atoms with Crippen LogP contribution >= 0.6 is 15.9 Å². The maximum absolute atomic E-state index is 13.3. The molecule has 53 heavy (non-hydrogen) atoms. The molecule has 0 spiro atoms. The lowest BCUT2D eigenvalue weighted by atomic mass is 10.0. The number of carbonyl (C=O) groups is 2. The van der Waals surface area contributed by atoms with Gasteiger partial charge in [-0.15, -0.1) is 0 Å². The monoisotopic (exact) mass is 782 g/mol. The Morgan fingerprint density at radius 1 is 0.642 bits per heavy atom. The largest absolute Gasteiger partial charge is 0.348 e. The molecule has 2 aromatic heterocycles. The van der Waals surface area contributed by atoms with Gasteiger partial charge in [-0.2, -0.15) is 0 Å². The number of amides is 2. The summed E-state index contributed by atoms with van der Waals surface area (Å²) in [5, 5.41) is 6.16. The fourth-order valence-electron chi connectivity index (χ4n) is 7.94. The number of pyridine rings is 2. The summed E-state index contributed by atoms with van der Waals surface area (Å²) in [5.74, 6) is -0.557. The molecule has 6 rings (SSSR count). The van der Waals surface area contributed by atoms with Gasteiger partial charge in [0.1, 0.15) is 11.1 Å². The summed E-state index contributed by atoms with van der Waals surface area (Å²) in [5.41, 5.74) is 10.0. The van der Waals surface area contributed by atoms with Crippen molar-refractivity contribution in [2.24, 2.45) is 0 Å². The van der Waals surface area contributed by atoms with Crippen LogP contribution in [-0.4, -0.2) is 20.9 Å². The lowest BCUT2D eigenvalue weighted by Gasteiger charge is -2.20. The third-order valence-electron chi connectivity index (χ3n) is 10.9. The highest BCUT2D eigenvalue weighted by Crippen LogP contribution is 2.28. The molecule has 4 aromatic rings. The highest BCUT2D eigenvalue weighted by atomic mass is 79.9. The van der Waals surface area contributed by atoms with Crippen LogP contribution in [0.1, 0.15) is 132 Å². The third kappa shape index (κ3) is 8.61. The van der Waals surface area contributed by atoms with E-state index in [4.69, 9.17) is 0 Å². The number of carbonyl (C=O) groups excluding carboxylic acids is 2. The molecule has 282 valence electrons. The number of rotatable bonds is 8. The van der Waals surface area contributed by atoms with Gasteiger partial charge in [0.05, 0.1) is 4.47 Å². The Hall–Kier alpha value is -4.24. The second-order valence-corrected chi connectivity index (χ2v) is 15.0. The van der Waals surface area contributed by atoms with Gasteiger partial charge < -0.3 is 19.8 Å². The molecule has 2 N–H and O–H groups in total. The molecule has 4 heterocycles. The Labute approximate surface area is 322 Å². The smallest absolute Gasteiger partial charge is 0.261 e. The van der Waals surface area contributed by atoms with Gasteiger partial charge in [-0.25, -0.2) is 0 Å². The molecule has 2 aromatic carbocycles. The topological polar surface area (TPSA) is 102 Å². The predicted molar refractivity (Wildman–Crippen MR) is 220 cm³/mol. The summed E-state index contributed by atoms with van der Waals surface area (Å²) < 4.78 is 4.81. The summed E-state index contributed by atoms with van der Waals surface area (Å²) in [4.78, 5) is 52.1. The van der Waals surface area contributed by atoms with Gasteiger partial charge in [0, 0.05) is 53.3 Å². The average molecular weight is 784 g/mol. The molecule has 0 unspecified atom stereocenters. The van der Waals surface area contributed by atoms with Crippen LogP contribution in [0.25, 0.3) is 0 Å². The van der Waals surface area contributed by atoms with Gasteiger partial charge in [0.25, 0.3) is 11.8 Å². The molecule has 2 aliphatic heterocycles. The van der Waals surface area contributed by atoms with E-state index in [2.05, 4.69) is 63.4 Å². The number of halogens is 1. The molecule has 0 radical (unpaired) electrons. The number of anilines is 2. The summed E-state index contributed by atoms with van der Waals surface area (Å²) in [6, 6.07) is 13.8. The van der Waals surface area contributed by atoms with E-state index in [1.54, 1.807) is 6.07 Å². The number of benzene rings is 2.